The lowest BCUT2D eigenvalue weighted by molar-refractivity contribution is -0.146. The van der Waals surface area contributed by atoms with Crippen LogP contribution in [0.25, 0.3) is 10.8 Å². The Balaban J connectivity index is 1.45. The van der Waals surface area contributed by atoms with Crippen molar-refractivity contribution in [2.45, 2.75) is 39.0 Å². The Kier molecular flexibility index (Phi) is 5.80. The van der Waals surface area contributed by atoms with Crippen LogP contribution in [0.3, 0.4) is 0 Å². The molecule has 2 atom stereocenters. The molecule has 158 valence electrons. The molecule has 0 unspecified atom stereocenters. The monoisotopic (exact) mass is 407 g/mol. The van der Waals surface area contributed by atoms with E-state index >= 15 is 0 Å². The van der Waals surface area contributed by atoms with Crippen LogP contribution in [0, 0.1) is 5.92 Å². The molecule has 2 aliphatic heterocycles. The van der Waals surface area contributed by atoms with Crippen molar-refractivity contribution in [3.05, 3.63) is 53.2 Å². The van der Waals surface area contributed by atoms with Gasteiger partial charge in [-0.2, -0.15) is 0 Å². The second-order valence-corrected chi connectivity index (χ2v) is 8.32. The molecule has 0 radical (unpaired) electrons. The zero-order valence-corrected chi connectivity index (χ0v) is 17.9. The van der Waals surface area contributed by atoms with E-state index in [1.165, 1.54) is 5.70 Å². The highest BCUT2D eigenvalue weighted by Gasteiger charge is 2.33. The van der Waals surface area contributed by atoms with Gasteiger partial charge < -0.3 is 14.4 Å². The van der Waals surface area contributed by atoms with Gasteiger partial charge in [0, 0.05) is 30.3 Å². The Morgan fingerprint density at radius 2 is 1.90 bits per heavy atom. The minimum atomic E-state index is -0.364. The first-order valence-electron chi connectivity index (χ1n) is 10.7. The van der Waals surface area contributed by atoms with Gasteiger partial charge in [-0.3, -0.25) is 9.59 Å². The lowest BCUT2D eigenvalue weighted by atomic mass is 9.88. The SMILES string of the molecule is COc1ccc2cc([C@H](C)C(=O)OC[C@@H]3CCN4CCCC4=C3C(C)=O)ccc2c1. The molecule has 2 aliphatic rings. The summed E-state index contributed by atoms with van der Waals surface area (Å²) in [7, 11) is 1.65. The van der Waals surface area contributed by atoms with Gasteiger partial charge in [0.05, 0.1) is 19.6 Å². The van der Waals surface area contributed by atoms with E-state index in [4.69, 9.17) is 9.47 Å². The average molecular weight is 408 g/mol. The molecule has 0 aliphatic carbocycles. The number of rotatable bonds is 6. The molecule has 30 heavy (non-hydrogen) atoms. The number of benzene rings is 2. The van der Waals surface area contributed by atoms with Crippen molar-refractivity contribution in [3.63, 3.8) is 0 Å². The summed E-state index contributed by atoms with van der Waals surface area (Å²) < 4.78 is 11.0. The molecule has 0 saturated carbocycles. The minimum absolute atomic E-state index is 0.00654. The van der Waals surface area contributed by atoms with Gasteiger partial charge in [0.25, 0.3) is 0 Å². The van der Waals surface area contributed by atoms with Gasteiger partial charge >= 0.3 is 5.97 Å². The predicted octanol–water partition coefficient (Wildman–Crippen LogP) is 4.45. The van der Waals surface area contributed by atoms with Crippen LogP contribution < -0.4 is 4.74 Å². The first-order valence-corrected chi connectivity index (χ1v) is 10.7. The molecular weight excluding hydrogens is 378 g/mol. The van der Waals surface area contributed by atoms with E-state index < -0.39 is 0 Å². The van der Waals surface area contributed by atoms with Crippen molar-refractivity contribution in [2.75, 3.05) is 26.8 Å². The molecule has 4 rings (SSSR count). The zero-order chi connectivity index (χ0) is 21.3. The molecule has 2 aromatic rings. The highest BCUT2D eigenvalue weighted by Crippen LogP contribution is 2.35. The fraction of sp³-hybridized carbons (Fsp3) is 0.440. The maximum atomic E-state index is 12.8. The number of carbonyl (C=O) groups is 2. The second-order valence-electron chi connectivity index (χ2n) is 8.32. The summed E-state index contributed by atoms with van der Waals surface area (Å²) >= 11 is 0. The Morgan fingerprint density at radius 1 is 1.13 bits per heavy atom. The van der Waals surface area contributed by atoms with Gasteiger partial charge in [-0.15, -0.1) is 0 Å². The number of nitrogens with zero attached hydrogens (tertiary/aromatic N) is 1. The molecule has 2 aromatic carbocycles. The van der Waals surface area contributed by atoms with Crippen molar-refractivity contribution in [2.24, 2.45) is 5.92 Å². The highest BCUT2D eigenvalue weighted by molar-refractivity contribution is 5.95. The molecule has 0 N–H and O–H groups in total. The number of fused-ring (bicyclic) bond motifs is 2. The standard InChI is InChI=1S/C25H29NO4/c1-16(18-6-7-20-14-22(29-3)9-8-19(20)13-18)25(28)30-15-21-10-12-26-11-4-5-23(26)24(21)17(2)27/h6-9,13-14,16,21H,4-5,10-12,15H2,1-3H3/t16-,21-/m0/s1. The van der Waals surface area contributed by atoms with Crippen LogP contribution in [0.5, 0.6) is 5.75 Å². The third-order valence-corrected chi connectivity index (χ3v) is 6.42. The molecule has 5 heteroatoms. The third-order valence-electron chi connectivity index (χ3n) is 6.42. The van der Waals surface area contributed by atoms with E-state index in [1.54, 1.807) is 14.0 Å². The normalized spacial score (nSPS) is 19.6. The van der Waals surface area contributed by atoms with E-state index in [-0.39, 0.29) is 30.2 Å². The van der Waals surface area contributed by atoms with Crippen molar-refractivity contribution >= 4 is 22.5 Å². The topological polar surface area (TPSA) is 55.8 Å². The number of esters is 1. The molecule has 0 bridgehead atoms. The maximum Gasteiger partial charge on any atom is 0.313 e. The smallest absolute Gasteiger partial charge is 0.313 e. The molecule has 0 aromatic heterocycles. The van der Waals surface area contributed by atoms with Crippen molar-refractivity contribution < 1.29 is 19.1 Å². The Morgan fingerprint density at radius 3 is 2.67 bits per heavy atom. The Bertz CT molecular complexity index is 1010. The van der Waals surface area contributed by atoms with Gasteiger partial charge in [-0.1, -0.05) is 24.3 Å². The van der Waals surface area contributed by atoms with Gasteiger partial charge in [-0.05, 0) is 61.6 Å². The number of methoxy groups -OCH3 is 1. The van der Waals surface area contributed by atoms with Crippen LogP contribution in [0.4, 0.5) is 0 Å². The molecule has 5 nitrogen and oxygen atoms in total. The van der Waals surface area contributed by atoms with Crippen LogP contribution in [0.2, 0.25) is 0 Å². The van der Waals surface area contributed by atoms with E-state index in [1.807, 2.05) is 43.3 Å². The molecule has 0 spiro atoms. The number of hydrogen-bond donors (Lipinski definition) is 0. The van der Waals surface area contributed by atoms with E-state index in [0.717, 1.165) is 60.0 Å². The van der Waals surface area contributed by atoms with Crippen LogP contribution in [0.1, 0.15) is 44.6 Å². The lowest BCUT2D eigenvalue weighted by Crippen LogP contribution is -2.34. The number of ether oxygens (including phenoxy) is 2. The summed E-state index contributed by atoms with van der Waals surface area (Å²) in [5.74, 6) is 0.315. The Hall–Kier alpha value is -2.82. The predicted molar refractivity (Wildman–Crippen MR) is 116 cm³/mol. The number of hydrogen-bond acceptors (Lipinski definition) is 5. The van der Waals surface area contributed by atoms with Crippen molar-refractivity contribution in [1.29, 1.82) is 0 Å². The van der Waals surface area contributed by atoms with Crippen molar-refractivity contribution in [3.8, 4) is 5.75 Å². The maximum absolute atomic E-state index is 12.8. The lowest BCUT2D eigenvalue weighted by Gasteiger charge is -2.33. The van der Waals surface area contributed by atoms with Crippen LogP contribution >= 0.6 is 0 Å². The first kappa shape index (κ1) is 20.5. The average Bonchev–Trinajstić information content (AvgIpc) is 3.24. The van der Waals surface area contributed by atoms with E-state index in [2.05, 4.69) is 4.90 Å². The van der Waals surface area contributed by atoms with Crippen LogP contribution in [0.15, 0.2) is 47.7 Å². The van der Waals surface area contributed by atoms with E-state index in [9.17, 15) is 9.59 Å². The summed E-state index contributed by atoms with van der Waals surface area (Å²) in [4.78, 5) is 27.4. The van der Waals surface area contributed by atoms with Gasteiger partial charge in [0.2, 0.25) is 0 Å². The number of Topliss-reactive ketones (excluding diaryl/α,β-unsaturated/α-hetero) is 1. The minimum Gasteiger partial charge on any atom is -0.497 e. The molecule has 1 fully saturated rings. The number of ketones is 1. The summed E-state index contributed by atoms with van der Waals surface area (Å²) in [5.41, 5.74) is 2.97. The Labute approximate surface area is 177 Å². The molecule has 2 heterocycles. The van der Waals surface area contributed by atoms with Crippen LogP contribution in [-0.2, 0) is 14.3 Å². The molecular formula is C25H29NO4. The van der Waals surface area contributed by atoms with Gasteiger partial charge in [-0.25, -0.2) is 0 Å². The zero-order valence-electron chi connectivity index (χ0n) is 17.9. The quantitative estimate of drug-likeness (QED) is 0.662. The largest absolute Gasteiger partial charge is 0.497 e. The molecule has 1 saturated heterocycles. The first-order chi connectivity index (χ1) is 14.5. The van der Waals surface area contributed by atoms with Gasteiger partial charge in [0.15, 0.2) is 5.78 Å². The summed E-state index contributed by atoms with van der Waals surface area (Å²) in [6.07, 6.45) is 2.92. The van der Waals surface area contributed by atoms with E-state index in [0.29, 0.717) is 0 Å². The summed E-state index contributed by atoms with van der Waals surface area (Å²) in [6.45, 7) is 5.75. The summed E-state index contributed by atoms with van der Waals surface area (Å²) in [5, 5.41) is 2.13. The van der Waals surface area contributed by atoms with Crippen LogP contribution in [-0.4, -0.2) is 43.5 Å². The fourth-order valence-electron chi connectivity index (χ4n) is 4.71. The number of allylic oxidation sites excluding steroid dienone is 1. The fourth-order valence-corrected chi connectivity index (χ4v) is 4.71. The highest BCUT2D eigenvalue weighted by atomic mass is 16.5. The molecule has 0 amide bonds. The summed E-state index contributed by atoms with van der Waals surface area (Å²) in [6, 6.07) is 11.9. The second kappa shape index (κ2) is 8.50. The van der Waals surface area contributed by atoms with Gasteiger partial charge in [0.1, 0.15) is 5.75 Å². The van der Waals surface area contributed by atoms with Crippen molar-refractivity contribution in [1.82, 2.24) is 4.90 Å². The third kappa shape index (κ3) is 3.93. The number of carbonyl (C=O) groups excluding carboxylic acids is 2.